The van der Waals surface area contributed by atoms with E-state index in [0.717, 1.165) is 5.56 Å². The van der Waals surface area contributed by atoms with Crippen molar-refractivity contribution in [3.8, 4) is 5.75 Å². The van der Waals surface area contributed by atoms with E-state index in [9.17, 15) is 18.0 Å². The first-order chi connectivity index (χ1) is 14.3. The molecule has 1 atom stereocenters. The molecule has 3 rings (SSSR count). The molecule has 0 saturated carbocycles. The van der Waals surface area contributed by atoms with Crippen LogP contribution in [0.2, 0.25) is 5.02 Å². The molecule has 0 spiro atoms. The molecule has 1 aliphatic rings. The van der Waals surface area contributed by atoms with Gasteiger partial charge in [-0.1, -0.05) is 31.5 Å². The van der Waals surface area contributed by atoms with Gasteiger partial charge in [0.05, 0.1) is 4.90 Å². The molecule has 160 valence electrons. The molecular weight excluding hydrogens is 430 g/mol. The monoisotopic (exact) mass is 451 g/mol. The number of carbonyl (C=O) groups is 2. The Bertz CT molecular complexity index is 1070. The van der Waals surface area contributed by atoms with Crippen LogP contribution in [0.15, 0.2) is 47.4 Å². The van der Waals surface area contributed by atoms with Gasteiger partial charge in [0.15, 0.2) is 6.10 Å². The molecule has 2 amide bonds. The number of amides is 2. The Morgan fingerprint density at radius 1 is 1.13 bits per heavy atom. The van der Waals surface area contributed by atoms with Gasteiger partial charge in [0.2, 0.25) is 10.0 Å². The Morgan fingerprint density at radius 2 is 1.87 bits per heavy atom. The summed E-state index contributed by atoms with van der Waals surface area (Å²) in [5.41, 5.74) is 5.53. The minimum atomic E-state index is -3.70. The maximum Gasteiger partial charge on any atom is 0.279 e. The quantitative estimate of drug-likeness (QED) is 0.654. The van der Waals surface area contributed by atoms with Crippen molar-refractivity contribution in [2.24, 2.45) is 0 Å². The zero-order valence-corrected chi connectivity index (χ0v) is 18.1. The highest BCUT2D eigenvalue weighted by molar-refractivity contribution is 7.89. The number of nitrogens with zero attached hydrogens (tertiary/aromatic N) is 1. The van der Waals surface area contributed by atoms with Crippen molar-refractivity contribution in [1.82, 2.24) is 15.2 Å². The predicted octanol–water partition coefficient (Wildman–Crippen LogP) is 2.14. The van der Waals surface area contributed by atoms with Crippen LogP contribution in [0.5, 0.6) is 5.75 Å². The fourth-order valence-corrected chi connectivity index (χ4v) is 4.84. The van der Waals surface area contributed by atoms with Crippen molar-refractivity contribution >= 4 is 33.4 Å². The number of ether oxygens (including phenoxy) is 1. The second-order valence-corrected chi connectivity index (χ2v) is 9.00. The van der Waals surface area contributed by atoms with Crippen LogP contribution in [0.3, 0.4) is 0 Å². The third-order valence-corrected chi connectivity index (χ3v) is 7.01. The number of fused-ring (bicyclic) bond motifs is 1. The summed E-state index contributed by atoms with van der Waals surface area (Å²) in [5.74, 6) is -0.596. The van der Waals surface area contributed by atoms with Crippen molar-refractivity contribution in [3.63, 3.8) is 0 Å². The molecule has 0 aromatic heterocycles. The molecule has 0 bridgehead atoms. The number of hydrogen-bond acceptors (Lipinski definition) is 5. The minimum Gasteiger partial charge on any atom is -0.480 e. The molecule has 1 aliphatic heterocycles. The second-order valence-electron chi connectivity index (χ2n) is 6.62. The Balaban J connectivity index is 1.64. The molecule has 2 aromatic carbocycles. The summed E-state index contributed by atoms with van der Waals surface area (Å²) in [7, 11) is -3.70. The topological polar surface area (TPSA) is 105 Å². The van der Waals surface area contributed by atoms with E-state index in [-0.39, 0.29) is 10.5 Å². The second kappa shape index (κ2) is 9.03. The van der Waals surface area contributed by atoms with E-state index in [2.05, 4.69) is 10.9 Å². The first-order valence-corrected chi connectivity index (χ1v) is 11.2. The van der Waals surface area contributed by atoms with Gasteiger partial charge >= 0.3 is 0 Å². The van der Waals surface area contributed by atoms with Gasteiger partial charge in [-0.25, -0.2) is 8.42 Å². The summed E-state index contributed by atoms with van der Waals surface area (Å²) in [4.78, 5) is 24.8. The average Bonchev–Trinajstić information content (AvgIpc) is 3.15. The van der Waals surface area contributed by atoms with Crippen molar-refractivity contribution in [3.05, 3.63) is 58.6 Å². The summed E-state index contributed by atoms with van der Waals surface area (Å²) >= 11 is 5.95. The lowest BCUT2D eigenvalue weighted by Gasteiger charge is -2.18. The maximum absolute atomic E-state index is 12.6. The predicted molar refractivity (Wildman–Crippen MR) is 112 cm³/mol. The minimum absolute atomic E-state index is 0.0108. The van der Waals surface area contributed by atoms with E-state index in [1.165, 1.54) is 28.6 Å². The fraction of sp³-hybridized carbons (Fsp3) is 0.300. The van der Waals surface area contributed by atoms with Crippen LogP contribution >= 0.6 is 11.6 Å². The zero-order chi connectivity index (χ0) is 21.9. The number of hydrogen-bond donors (Lipinski definition) is 2. The third-order valence-electron chi connectivity index (χ3n) is 4.73. The van der Waals surface area contributed by atoms with Crippen LogP contribution in [-0.2, 0) is 21.2 Å². The van der Waals surface area contributed by atoms with Gasteiger partial charge in [0.1, 0.15) is 5.75 Å². The fourth-order valence-electron chi connectivity index (χ4n) is 3.14. The summed E-state index contributed by atoms with van der Waals surface area (Å²) in [6.45, 7) is 4.12. The van der Waals surface area contributed by atoms with Crippen molar-refractivity contribution in [2.45, 2.75) is 31.3 Å². The number of sulfonamides is 1. The van der Waals surface area contributed by atoms with Crippen LogP contribution in [0.4, 0.5) is 0 Å². The van der Waals surface area contributed by atoms with Gasteiger partial charge in [-0.2, -0.15) is 4.31 Å². The van der Waals surface area contributed by atoms with Crippen LogP contribution in [0.25, 0.3) is 0 Å². The maximum atomic E-state index is 12.6. The number of nitrogens with one attached hydrogen (secondary N) is 2. The first kappa shape index (κ1) is 22.1. The highest BCUT2D eigenvalue weighted by Gasteiger charge is 2.29. The molecule has 8 nitrogen and oxygen atoms in total. The first-order valence-electron chi connectivity index (χ1n) is 9.41. The molecule has 2 aromatic rings. The Kier molecular flexibility index (Phi) is 6.64. The van der Waals surface area contributed by atoms with E-state index >= 15 is 0 Å². The van der Waals surface area contributed by atoms with E-state index in [0.29, 0.717) is 30.3 Å². The average molecular weight is 452 g/mol. The molecule has 10 heteroatoms. The van der Waals surface area contributed by atoms with Gasteiger partial charge in [0, 0.05) is 30.1 Å². The van der Waals surface area contributed by atoms with Gasteiger partial charge in [-0.15, -0.1) is 0 Å². The number of hydrazine groups is 1. The number of benzene rings is 2. The van der Waals surface area contributed by atoms with Gasteiger partial charge in [-0.3, -0.25) is 20.4 Å². The lowest BCUT2D eigenvalue weighted by molar-refractivity contribution is -0.128. The summed E-state index contributed by atoms with van der Waals surface area (Å²) < 4.78 is 32.1. The zero-order valence-electron chi connectivity index (χ0n) is 16.5. The summed E-state index contributed by atoms with van der Waals surface area (Å²) in [6.07, 6.45) is -0.469. The van der Waals surface area contributed by atoms with Gasteiger partial charge < -0.3 is 4.74 Å². The van der Waals surface area contributed by atoms with Crippen LogP contribution in [-0.4, -0.2) is 43.7 Å². The molecule has 0 aliphatic carbocycles. The van der Waals surface area contributed by atoms with E-state index in [1.54, 1.807) is 32.0 Å². The number of rotatable bonds is 6. The molecule has 0 radical (unpaired) electrons. The molecule has 0 saturated heterocycles. The highest BCUT2D eigenvalue weighted by Crippen LogP contribution is 2.31. The largest absolute Gasteiger partial charge is 0.480 e. The highest BCUT2D eigenvalue weighted by atomic mass is 35.5. The molecule has 1 heterocycles. The molecule has 1 unspecified atom stereocenters. The van der Waals surface area contributed by atoms with Gasteiger partial charge in [0.25, 0.3) is 11.8 Å². The van der Waals surface area contributed by atoms with Crippen molar-refractivity contribution < 1.29 is 22.7 Å². The van der Waals surface area contributed by atoms with Crippen LogP contribution in [0, 0.1) is 0 Å². The van der Waals surface area contributed by atoms with Crippen molar-refractivity contribution in [2.75, 3.05) is 13.1 Å². The summed E-state index contributed by atoms with van der Waals surface area (Å²) in [5, 5.41) is 0.547. The molecular formula is C20H22ClN3O5S. The standard InChI is InChI=1S/C20H22ClN3O5S/c1-3-24(4-2)30(27,28)16-7-5-6-13(11-16)19(25)22-23-20(26)18-12-14-10-15(21)8-9-17(14)29-18/h5-11,18H,3-4,12H2,1-2H3,(H,22,25)(H,23,26). The van der Waals surface area contributed by atoms with E-state index in [1.807, 2.05) is 0 Å². The smallest absolute Gasteiger partial charge is 0.279 e. The SMILES string of the molecule is CCN(CC)S(=O)(=O)c1cccc(C(=O)NNC(=O)C2Cc3cc(Cl)ccc3O2)c1. The van der Waals surface area contributed by atoms with Crippen molar-refractivity contribution in [1.29, 1.82) is 0 Å². The van der Waals surface area contributed by atoms with E-state index in [4.69, 9.17) is 16.3 Å². The third kappa shape index (κ3) is 4.58. The lowest BCUT2D eigenvalue weighted by atomic mass is 10.1. The lowest BCUT2D eigenvalue weighted by Crippen LogP contribution is -2.47. The Hall–Kier alpha value is -2.62. The molecule has 30 heavy (non-hydrogen) atoms. The Labute approximate surface area is 180 Å². The summed E-state index contributed by atoms with van der Waals surface area (Å²) in [6, 6.07) is 10.7. The van der Waals surface area contributed by atoms with Crippen LogP contribution < -0.4 is 15.6 Å². The Morgan fingerprint density at radius 3 is 2.57 bits per heavy atom. The number of halogens is 1. The van der Waals surface area contributed by atoms with E-state index < -0.39 is 27.9 Å². The molecule has 2 N–H and O–H groups in total. The normalized spacial score (nSPS) is 15.4. The van der Waals surface area contributed by atoms with Crippen LogP contribution in [0.1, 0.15) is 29.8 Å². The van der Waals surface area contributed by atoms with Gasteiger partial charge in [-0.05, 0) is 42.0 Å². The molecule has 0 fully saturated rings. The number of carbonyl (C=O) groups excluding carboxylic acids is 2.